The summed E-state index contributed by atoms with van der Waals surface area (Å²) >= 11 is 0. The van der Waals surface area contributed by atoms with Gasteiger partial charge in [-0.1, -0.05) is 36.2 Å². The first-order chi connectivity index (χ1) is 9.65. The molecule has 1 unspecified atom stereocenters. The number of carbonyl (C=O) groups is 1. The molecule has 108 valence electrons. The van der Waals surface area contributed by atoms with Gasteiger partial charge in [0, 0.05) is 25.6 Å². The number of aliphatic hydroxyl groups is 1. The fourth-order valence-corrected chi connectivity index (χ4v) is 3.57. The molecule has 1 saturated heterocycles. The Morgan fingerprint density at radius 1 is 1.45 bits per heavy atom. The molecule has 3 nitrogen and oxygen atoms in total. The van der Waals surface area contributed by atoms with Crippen LogP contribution < -0.4 is 0 Å². The van der Waals surface area contributed by atoms with Crippen molar-refractivity contribution in [3.05, 3.63) is 35.4 Å². The maximum atomic E-state index is 13.0. The molecule has 1 aromatic rings. The normalized spacial score (nSPS) is 24.5. The van der Waals surface area contributed by atoms with Crippen LogP contribution in [0.3, 0.4) is 0 Å². The number of amides is 1. The summed E-state index contributed by atoms with van der Waals surface area (Å²) in [5, 5.41) is 9.26. The number of likely N-dealkylation sites (tertiary alicyclic amines) is 1. The number of carbonyl (C=O) groups excluding carboxylic acids is 1. The molecule has 2 aliphatic rings. The van der Waals surface area contributed by atoms with E-state index in [-0.39, 0.29) is 23.8 Å². The molecule has 0 spiro atoms. The maximum Gasteiger partial charge on any atom is 0.233 e. The lowest BCUT2D eigenvalue weighted by Gasteiger charge is -2.43. The molecule has 0 aromatic heterocycles. The van der Waals surface area contributed by atoms with E-state index in [4.69, 9.17) is 0 Å². The minimum Gasteiger partial charge on any atom is -0.396 e. The number of aliphatic hydroxyl groups excluding tert-OH is 1. The molecule has 3 rings (SSSR count). The van der Waals surface area contributed by atoms with Crippen molar-refractivity contribution in [1.82, 2.24) is 4.90 Å². The Hall–Kier alpha value is -1.35. The molecule has 1 heterocycles. The number of aryl methyl sites for hydroxylation is 1. The summed E-state index contributed by atoms with van der Waals surface area (Å²) in [5.74, 6) is 0.555. The predicted molar refractivity (Wildman–Crippen MR) is 78.5 cm³/mol. The number of benzene rings is 1. The van der Waals surface area contributed by atoms with Crippen LogP contribution in [0.1, 0.15) is 36.8 Å². The summed E-state index contributed by atoms with van der Waals surface area (Å²) in [4.78, 5) is 14.9. The van der Waals surface area contributed by atoms with Gasteiger partial charge in [0.2, 0.25) is 5.91 Å². The van der Waals surface area contributed by atoms with Crippen molar-refractivity contribution in [3.63, 3.8) is 0 Å². The molecule has 1 N–H and O–H groups in total. The van der Waals surface area contributed by atoms with Crippen LogP contribution in [0.15, 0.2) is 24.3 Å². The Bertz CT molecular complexity index is 507. The van der Waals surface area contributed by atoms with Gasteiger partial charge in [-0.15, -0.1) is 0 Å². The molecule has 1 atom stereocenters. The van der Waals surface area contributed by atoms with E-state index in [0.717, 1.165) is 38.8 Å². The van der Waals surface area contributed by atoms with E-state index in [1.54, 1.807) is 0 Å². The van der Waals surface area contributed by atoms with Crippen LogP contribution in [0, 0.1) is 12.8 Å². The first-order valence-electron chi connectivity index (χ1n) is 7.63. The molecule has 20 heavy (non-hydrogen) atoms. The minimum atomic E-state index is -0.281. The first kappa shape index (κ1) is 13.6. The summed E-state index contributed by atoms with van der Waals surface area (Å²) < 4.78 is 0. The van der Waals surface area contributed by atoms with Crippen molar-refractivity contribution in [2.24, 2.45) is 5.92 Å². The maximum absolute atomic E-state index is 13.0. The lowest BCUT2D eigenvalue weighted by atomic mass is 9.63. The number of rotatable bonds is 3. The number of hydrogen-bond donors (Lipinski definition) is 1. The SMILES string of the molecule is Cc1cccc(C2(C(=O)N3CCC(CO)C3)CCC2)c1. The van der Waals surface area contributed by atoms with Gasteiger partial charge in [-0.3, -0.25) is 4.79 Å². The van der Waals surface area contributed by atoms with Gasteiger partial charge in [-0.25, -0.2) is 0 Å². The standard InChI is InChI=1S/C17H23NO2/c1-13-4-2-5-15(10-13)17(7-3-8-17)16(20)18-9-6-14(11-18)12-19/h2,4-5,10,14,19H,3,6-9,11-12H2,1H3. The lowest BCUT2D eigenvalue weighted by molar-refractivity contribution is -0.140. The largest absolute Gasteiger partial charge is 0.396 e. The Balaban J connectivity index is 1.84. The highest BCUT2D eigenvalue weighted by Gasteiger charge is 2.48. The zero-order chi connectivity index (χ0) is 14.2. The van der Waals surface area contributed by atoms with Crippen LogP contribution in [-0.4, -0.2) is 35.6 Å². The Kier molecular flexibility index (Phi) is 3.55. The summed E-state index contributed by atoms with van der Waals surface area (Å²) in [6, 6.07) is 8.40. The molecular formula is C17H23NO2. The van der Waals surface area contributed by atoms with Gasteiger partial charge in [0.1, 0.15) is 0 Å². The predicted octanol–water partition coefficient (Wildman–Crippen LogP) is 2.26. The zero-order valence-electron chi connectivity index (χ0n) is 12.1. The van der Waals surface area contributed by atoms with E-state index < -0.39 is 0 Å². The smallest absolute Gasteiger partial charge is 0.233 e. The van der Waals surface area contributed by atoms with Crippen molar-refractivity contribution >= 4 is 5.91 Å². The third-order valence-electron chi connectivity index (χ3n) is 5.02. The van der Waals surface area contributed by atoms with Crippen molar-refractivity contribution in [3.8, 4) is 0 Å². The third kappa shape index (κ3) is 2.14. The molecule has 1 amide bonds. The molecule has 1 aliphatic carbocycles. The van der Waals surface area contributed by atoms with Crippen molar-refractivity contribution in [1.29, 1.82) is 0 Å². The van der Waals surface area contributed by atoms with Gasteiger partial charge in [-0.2, -0.15) is 0 Å². The zero-order valence-corrected chi connectivity index (χ0v) is 12.1. The monoisotopic (exact) mass is 273 g/mol. The average molecular weight is 273 g/mol. The molecule has 1 saturated carbocycles. The van der Waals surface area contributed by atoms with E-state index in [1.165, 1.54) is 11.1 Å². The van der Waals surface area contributed by atoms with Crippen LogP contribution >= 0.6 is 0 Å². The molecular weight excluding hydrogens is 250 g/mol. The van der Waals surface area contributed by atoms with Gasteiger partial charge in [0.05, 0.1) is 5.41 Å². The van der Waals surface area contributed by atoms with E-state index >= 15 is 0 Å². The summed E-state index contributed by atoms with van der Waals surface area (Å²) in [5.41, 5.74) is 2.12. The second-order valence-electron chi connectivity index (χ2n) is 6.39. The highest BCUT2D eigenvalue weighted by molar-refractivity contribution is 5.89. The number of hydrogen-bond acceptors (Lipinski definition) is 2. The Labute approximate surface area is 120 Å². The van der Waals surface area contributed by atoms with Crippen LogP contribution in [-0.2, 0) is 10.2 Å². The quantitative estimate of drug-likeness (QED) is 0.917. The number of nitrogens with zero attached hydrogens (tertiary/aromatic N) is 1. The topological polar surface area (TPSA) is 40.5 Å². The minimum absolute atomic E-state index is 0.196. The highest BCUT2D eigenvalue weighted by Crippen LogP contribution is 2.46. The molecule has 1 aliphatic heterocycles. The Morgan fingerprint density at radius 3 is 2.80 bits per heavy atom. The van der Waals surface area contributed by atoms with E-state index in [1.807, 2.05) is 4.90 Å². The summed E-state index contributed by atoms with van der Waals surface area (Å²) in [7, 11) is 0. The molecule has 0 bridgehead atoms. The van der Waals surface area contributed by atoms with Crippen molar-refractivity contribution < 1.29 is 9.90 Å². The van der Waals surface area contributed by atoms with Crippen LogP contribution in [0.4, 0.5) is 0 Å². The van der Waals surface area contributed by atoms with Crippen molar-refractivity contribution in [2.45, 2.75) is 38.0 Å². The van der Waals surface area contributed by atoms with Crippen molar-refractivity contribution in [2.75, 3.05) is 19.7 Å². The summed E-state index contributed by atoms with van der Waals surface area (Å²) in [6.45, 7) is 3.81. The van der Waals surface area contributed by atoms with E-state index in [2.05, 4.69) is 31.2 Å². The summed E-state index contributed by atoms with van der Waals surface area (Å²) in [6.07, 6.45) is 4.01. The highest BCUT2D eigenvalue weighted by atomic mass is 16.3. The molecule has 2 fully saturated rings. The second kappa shape index (κ2) is 5.21. The van der Waals surface area contributed by atoms with Crippen LogP contribution in [0.25, 0.3) is 0 Å². The fraction of sp³-hybridized carbons (Fsp3) is 0.588. The fourth-order valence-electron chi connectivity index (χ4n) is 3.57. The van der Waals surface area contributed by atoms with Gasteiger partial charge in [-0.05, 0) is 31.7 Å². The van der Waals surface area contributed by atoms with Gasteiger partial charge >= 0.3 is 0 Å². The van der Waals surface area contributed by atoms with Gasteiger partial charge < -0.3 is 10.0 Å². The van der Waals surface area contributed by atoms with Crippen LogP contribution in [0.5, 0.6) is 0 Å². The second-order valence-corrected chi connectivity index (χ2v) is 6.39. The van der Waals surface area contributed by atoms with E-state index in [0.29, 0.717) is 0 Å². The lowest BCUT2D eigenvalue weighted by Crippen LogP contribution is -2.50. The molecule has 1 aromatic carbocycles. The van der Waals surface area contributed by atoms with Gasteiger partial charge in [0.15, 0.2) is 0 Å². The molecule has 3 heteroatoms. The third-order valence-corrected chi connectivity index (χ3v) is 5.02. The van der Waals surface area contributed by atoms with E-state index in [9.17, 15) is 9.90 Å². The first-order valence-corrected chi connectivity index (χ1v) is 7.63. The van der Waals surface area contributed by atoms with Crippen LogP contribution in [0.2, 0.25) is 0 Å². The average Bonchev–Trinajstić information content (AvgIpc) is 2.86. The Morgan fingerprint density at radius 2 is 2.25 bits per heavy atom. The van der Waals surface area contributed by atoms with Gasteiger partial charge in [0.25, 0.3) is 0 Å². The molecule has 0 radical (unpaired) electrons.